The van der Waals surface area contributed by atoms with Gasteiger partial charge in [0.2, 0.25) is 0 Å². The second-order valence-electron chi connectivity index (χ2n) is 6.96. The van der Waals surface area contributed by atoms with Crippen LogP contribution in [0.5, 0.6) is 5.75 Å². The molecule has 0 aliphatic carbocycles. The van der Waals surface area contributed by atoms with Crippen molar-refractivity contribution in [2.75, 3.05) is 40.3 Å². The van der Waals surface area contributed by atoms with Crippen molar-refractivity contribution < 1.29 is 9.53 Å². The normalized spacial score (nSPS) is 15.6. The van der Waals surface area contributed by atoms with Crippen molar-refractivity contribution in [1.29, 1.82) is 0 Å². The van der Waals surface area contributed by atoms with E-state index in [1.165, 1.54) is 5.56 Å². The summed E-state index contributed by atoms with van der Waals surface area (Å²) in [5.74, 6) is 1.47. The molecule has 1 fully saturated rings. The van der Waals surface area contributed by atoms with E-state index < -0.39 is 0 Å². The summed E-state index contributed by atoms with van der Waals surface area (Å²) in [6.07, 6.45) is 2.01. The Balaban J connectivity index is 1.62. The molecule has 2 amide bonds. The monoisotopic (exact) mass is 333 g/mol. The molecule has 24 heavy (non-hydrogen) atoms. The number of rotatable bonds is 6. The highest BCUT2D eigenvalue weighted by Crippen LogP contribution is 2.18. The number of carbonyl (C=O) groups excluding carboxylic acids is 1. The highest BCUT2D eigenvalue weighted by molar-refractivity contribution is 5.73. The number of likely N-dealkylation sites (tertiary alicyclic amines) is 1. The van der Waals surface area contributed by atoms with Gasteiger partial charge in [0.05, 0.1) is 0 Å². The van der Waals surface area contributed by atoms with Crippen LogP contribution >= 0.6 is 0 Å². The molecule has 0 radical (unpaired) electrons. The van der Waals surface area contributed by atoms with Crippen LogP contribution in [0.2, 0.25) is 0 Å². The first-order valence-corrected chi connectivity index (χ1v) is 8.89. The quantitative estimate of drug-likeness (QED) is 0.814. The molecule has 1 aliphatic rings. The highest BCUT2D eigenvalue weighted by Gasteiger charge is 2.23. The van der Waals surface area contributed by atoms with E-state index in [9.17, 15) is 4.79 Å². The zero-order valence-electron chi connectivity index (χ0n) is 15.4. The van der Waals surface area contributed by atoms with E-state index in [4.69, 9.17) is 4.74 Å². The molecule has 5 nitrogen and oxygen atoms in total. The smallest absolute Gasteiger partial charge is 0.319 e. The lowest BCUT2D eigenvalue weighted by Gasteiger charge is -2.34. The average molecular weight is 333 g/mol. The molecule has 1 aliphatic heterocycles. The maximum absolute atomic E-state index is 11.9. The van der Waals surface area contributed by atoms with Gasteiger partial charge in [-0.2, -0.15) is 0 Å². The summed E-state index contributed by atoms with van der Waals surface area (Å²) in [5.41, 5.74) is 1.33. The Bertz CT molecular complexity index is 506. The van der Waals surface area contributed by atoms with Crippen molar-refractivity contribution >= 4 is 6.03 Å². The van der Waals surface area contributed by atoms with Crippen molar-refractivity contribution in [1.82, 2.24) is 15.1 Å². The first kappa shape index (κ1) is 18.6. The summed E-state index contributed by atoms with van der Waals surface area (Å²) in [6, 6.07) is 8.93. The van der Waals surface area contributed by atoms with E-state index >= 15 is 0 Å². The van der Waals surface area contributed by atoms with Gasteiger partial charge in [-0.3, -0.25) is 0 Å². The molecular formula is C19H31N3O2. The third-order valence-corrected chi connectivity index (χ3v) is 4.50. The molecule has 0 saturated carbocycles. The Morgan fingerprint density at radius 1 is 1.25 bits per heavy atom. The van der Waals surface area contributed by atoms with Gasteiger partial charge >= 0.3 is 6.03 Å². The number of urea groups is 1. The predicted octanol–water partition coefficient (Wildman–Crippen LogP) is 2.92. The van der Waals surface area contributed by atoms with Gasteiger partial charge in [0.15, 0.2) is 0 Å². The molecule has 1 aromatic carbocycles. The van der Waals surface area contributed by atoms with Gasteiger partial charge in [0.25, 0.3) is 0 Å². The Labute approximate surface area is 146 Å². The van der Waals surface area contributed by atoms with Crippen molar-refractivity contribution in [3.05, 3.63) is 29.8 Å². The molecule has 0 atom stereocenters. The van der Waals surface area contributed by atoms with Crippen LogP contribution < -0.4 is 10.1 Å². The maximum atomic E-state index is 11.9. The highest BCUT2D eigenvalue weighted by atomic mass is 16.5. The summed E-state index contributed by atoms with van der Waals surface area (Å²) in [6.45, 7) is 7.53. The second-order valence-corrected chi connectivity index (χ2v) is 6.96. The number of nitrogens with one attached hydrogen (secondary N) is 1. The summed E-state index contributed by atoms with van der Waals surface area (Å²) >= 11 is 0. The minimum absolute atomic E-state index is 0.113. The third-order valence-electron chi connectivity index (χ3n) is 4.50. The van der Waals surface area contributed by atoms with Gasteiger partial charge in [-0.25, -0.2) is 4.79 Å². The van der Waals surface area contributed by atoms with Crippen molar-refractivity contribution in [3.8, 4) is 5.75 Å². The number of ether oxygens (including phenoxy) is 1. The number of hydrogen-bond acceptors (Lipinski definition) is 3. The van der Waals surface area contributed by atoms with Crippen LogP contribution in [0.4, 0.5) is 4.79 Å². The maximum Gasteiger partial charge on any atom is 0.319 e. The fourth-order valence-corrected chi connectivity index (χ4v) is 2.94. The summed E-state index contributed by atoms with van der Waals surface area (Å²) in [7, 11) is 3.61. The first-order valence-electron chi connectivity index (χ1n) is 8.89. The van der Waals surface area contributed by atoms with Crippen molar-refractivity contribution in [2.24, 2.45) is 0 Å². The van der Waals surface area contributed by atoms with E-state index in [1.807, 2.05) is 17.0 Å². The second kappa shape index (κ2) is 8.92. The summed E-state index contributed by atoms with van der Waals surface area (Å²) in [5, 5.41) is 3.53. The van der Waals surface area contributed by atoms with Gasteiger partial charge in [0, 0.05) is 39.8 Å². The molecular weight excluding hydrogens is 302 g/mol. The first-order chi connectivity index (χ1) is 11.5. The number of carbonyl (C=O) groups is 1. The van der Waals surface area contributed by atoms with E-state index in [0.29, 0.717) is 18.6 Å². The molecule has 0 spiro atoms. The fourth-order valence-electron chi connectivity index (χ4n) is 2.94. The summed E-state index contributed by atoms with van der Waals surface area (Å²) in [4.78, 5) is 15.5. The molecule has 0 unspecified atom stereocenters. The lowest BCUT2D eigenvalue weighted by molar-refractivity contribution is 0.151. The SMILES string of the molecule is CC(C)c1ccc(OCCNC2CCN(C(=O)N(C)C)CC2)cc1. The number of benzene rings is 1. The van der Waals surface area contributed by atoms with Crippen LogP contribution in [0.25, 0.3) is 0 Å². The topological polar surface area (TPSA) is 44.8 Å². The van der Waals surface area contributed by atoms with Gasteiger partial charge < -0.3 is 19.9 Å². The largest absolute Gasteiger partial charge is 0.492 e. The van der Waals surface area contributed by atoms with Gasteiger partial charge in [-0.1, -0.05) is 26.0 Å². The molecule has 0 aromatic heterocycles. The standard InChI is InChI=1S/C19H31N3O2/c1-15(2)16-5-7-18(8-6-16)24-14-11-20-17-9-12-22(13-10-17)19(23)21(3)4/h5-8,15,17,20H,9-14H2,1-4H3. The Morgan fingerprint density at radius 2 is 1.88 bits per heavy atom. The van der Waals surface area contributed by atoms with Crippen LogP contribution in [-0.2, 0) is 0 Å². The van der Waals surface area contributed by atoms with E-state index in [0.717, 1.165) is 38.2 Å². The van der Waals surface area contributed by atoms with Crippen molar-refractivity contribution in [2.45, 2.75) is 38.6 Å². The minimum atomic E-state index is 0.113. The minimum Gasteiger partial charge on any atom is -0.492 e. The molecule has 134 valence electrons. The van der Waals surface area contributed by atoms with Crippen LogP contribution in [0.1, 0.15) is 38.2 Å². The third kappa shape index (κ3) is 5.41. The van der Waals surface area contributed by atoms with Crippen LogP contribution in [0, 0.1) is 0 Å². The summed E-state index contributed by atoms with van der Waals surface area (Å²) < 4.78 is 5.79. The molecule has 5 heteroatoms. The van der Waals surface area contributed by atoms with Crippen molar-refractivity contribution in [3.63, 3.8) is 0 Å². The molecule has 1 heterocycles. The van der Waals surface area contributed by atoms with Gasteiger partial charge in [-0.05, 0) is 36.5 Å². The lowest BCUT2D eigenvalue weighted by atomic mass is 10.0. The number of piperidine rings is 1. The zero-order valence-corrected chi connectivity index (χ0v) is 15.4. The van der Waals surface area contributed by atoms with Crippen LogP contribution in [-0.4, -0.2) is 62.2 Å². The molecule has 2 rings (SSSR count). The Kier molecular flexibility index (Phi) is 6.91. The number of nitrogens with zero attached hydrogens (tertiary/aromatic N) is 2. The van der Waals surface area contributed by atoms with E-state index in [2.05, 4.69) is 31.3 Å². The van der Waals surface area contributed by atoms with Gasteiger partial charge in [0.1, 0.15) is 12.4 Å². The molecule has 1 saturated heterocycles. The Hall–Kier alpha value is -1.75. The van der Waals surface area contributed by atoms with Crippen LogP contribution in [0.3, 0.4) is 0 Å². The zero-order chi connectivity index (χ0) is 17.5. The molecule has 0 bridgehead atoms. The molecule has 1 aromatic rings. The van der Waals surface area contributed by atoms with Crippen LogP contribution in [0.15, 0.2) is 24.3 Å². The lowest BCUT2D eigenvalue weighted by Crippen LogP contribution is -2.48. The average Bonchev–Trinajstić information content (AvgIpc) is 2.59. The fraction of sp³-hybridized carbons (Fsp3) is 0.632. The number of hydrogen-bond donors (Lipinski definition) is 1. The van der Waals surface area contributed by atoms with E-state index in [1.54, 1.807) is 19.0 Å². The van der Waals surface area contributed by atoms with E-state index in [-0.39, 0.29) is 6.03 Å². The Morgan fingerprint density at radius 3 is 2.42 bits per heavy atom. The number of amides is 2. The van der Waals surface area contributed by atoms with Gasteiger partial charge in [-0.15, -0.1) is 0 Å². The predicted molar refractivity (Wildman–Crippen MR) is 97.7 cm³/mol. The molecule has 1 N–H and O–H groups in total.